The van der Waals surface area contributed by atoms with Crippen LogP contribution in [-0.4, -0.2) is 27.5 Å². The summed E-state index contributed by atoms with van der Waals surface area (Å²) < 4.78 is 52.4. The fourth-order valence-corrected chi connectivity index (χ4v) is 2.13. The summed E-state index contributed by atoms with van der Waals surface area (Å²) in [7, 11) is 0. The third kappa shape index (κ3) is 2.21. The number of rotatable bonds is 1. The molecular formula is C12H10F4N4. The van der Waals surface area contributed by atoms with Crippen molar-refractivity contribution in [3.63, 3.8) is 0 Å². The van der Waals surface area contributed by atoms with E-state index in [-0.39, 0.29) is 24.7 Å². The van der Waals surface area contributed by atoms with Gasteiger partial charge in [0.15, 0.2) is 11.9 Å². The second kappa shape index (κ2) is 4.46. The number of anilines is 1. The Morgan fingerprint density at radius 2 is 1.90 bits per heavy atom. The van der Waals surface area contributed by atoms with Crippen molar-refractivity contribution in [1.82, 2.24) is 14.8 Å². The smallest absolute Gasteiger partial charge is 0.354 e. The van der Waals surface area contributed by atoms with E-state index >= 15 is 0 Å². The Balaban J connectivity index is 2.01. The van der Waals surface area contributed by atoms with E-state index in [0.717, 1.165) is 4.68 Å². The number of benzene rings is 1. The van der Waals surface area contributed by atoms with Crippen LogP contribution in [0.15, 0.2) is 24.3 Å². The van der Waals surface area contributed by atoms with Crippen LogP contribution < -0.4 is 5.32 Å². The maximum absolute atomic E-state index is 12.9. The van der Waals surface area contributed by atoms with Crippen molar-refractivity contribution in [2.24, 2.45) is 0 Å². The summed E-state index contributed by atoms with van der Waals surface area (Å²) in [4.78, 5) is 4.03. The molecule has 1 aliphatic rings. The number of aromatic nitrogens is 3. The molecule has 1 N–H and O–H groups in total. The van der Waals surface area contributed by atoms with Gasteiger partial charge in [-0.3, -0.25) is 0 Å². The lowest BCUT2D eigenvalue weighted by molar-refractivity contribution is -0.171. The van der Waals surface area contributed by atoms with Crippen molar-refractivity contribution in [1.29, 1.82) is 0 Å². The first-order valence-electron chi connectivity index (χ1n) is 5.98. The van der Waals surface area contributed by atoms with Crippen LogP contribution in [0.3, 0.4) is 0 Å². The molecule has 0 saturated heterocycles. The quantitative estimate of drug-likeness (QED) is 0.819. The first-order valence-corrected chi connectivity index (χ1v) is 5.98. The van der Waals surface area contributed by atoms with E-state index in [4.69, 9.17) is 0 Å². The minimum Gasteiger partial charge on any atom is -0.354 e. The van der Waals surface area contributed by atoms with E-state index in [1.807, 2.05) is 0 Å². The molecule has 0 fully saturated rings. The van der Waals surface area contributed by atoms with Gasteiger partial charge >= 0.3 is 6.18 Å². The third-order valence-corrected chi connectivity index (χ3v) is 3.11. The summed E-state index contributed by atoms with van der Waals surface area (Å²) in [6.07, 6.45) is -4.46. The van der Waals surface area contributed by atoms with E-state index in [1.54, 1.807) is 0 Å². The van der Waals surface area contributed by atoms with Gasteiger partial charge in [0, 0.05) is 12.1 Å². The average Bonchev–Trinajstić information content (AvgIpc) is 2.81. The molecule has 1 aromatic carbocycles. The number of nitrogens with zero attached hydrogens (tertiary/aromatic N) is 3. The van der Waals surface area contributed by atoms with Gasteiger partial charge in [0.25, 0.3) is 0 Å². The molecule has 106 valence electrons. The maximum atomic E-state index is 12.9. The number of hydrogen-bond acceptors (Lipinski definition) is 3. The molecule has 1 aliphatic heterocycles. The van der Waals surface area contributed by atoms with E-state index in [0.29, 0.717) is 5.56 Å². The molecule has 0 aliphatic carbocycles. The molecule has 1 atom stereocenters. The normalized spacial score (nSPS) is 18.5. The molecule has 2 aromatic rings. The SMILES string of the molecule is Fc1ccc(-c2nc3n(n2)C(C(F)(F)F)CCN3)cc1. The van der Waals surface area contributed by atoms with Crippen molar-refractivity contribution in [2.45, 2.75) is 18.6 Å². The molecule has 4 nitrogen and oxygen atoms in total. The predicted octanol–water partition coefficient (Wildman–Crippen LogP) is 3.00. The van der Waals surface area contributed by atoms with Crippen LogP contribution in [0.2, 0.25) is 0 Å². The van der Waals surface area contributed by atoms with E-state index in [2.05, 4.69) is 15.4 Å². The Morgan fingerprint density at radius 1 is 1.20 bits per heavy atom. The van der Waals surface area contributed by atoms with Gasteiger partial charge in [0.2, 0.25) is 5.95 Å². The topological polar surface area (TPSA) is 42.7 Å². The Bertz CT molecular complexity index is 617. The fourth-order valence-electron chi connectivity index (χ4n) is 2.13. The van der Waals surface area contributed by atoms with Gasteiger partial charge in [0.05, 0.1) is 0 Å². The Kier molecular flexibility index (Phi) is 2.88. The highest BCUT2D eigenvalue weighted by atomic mass is 19.4. The molecule has 0 saturated carbocycles. The largest absolute Gasteiger partial charge is 0.411 e. The van der Waals surface area contributed by atoms with Crippen molar-refractivity contribution in [2.75, 3.05) is 11.9 Å². The highest BCUT2D eigenvalue weighted by Gasteiger charge is 2.44. The van der Waals surface area contributed by atoms with Crippen LogP contribution >= 0.6 is 0 Å². The van der Waals surface area contributed by atoms with Crippen LogP contribution in [0.25, 0.3) is 11.4 Å². The average molecular weight is 286 g/mol. The Morgan fingerprint density at radius 3 is 2.55 bits per heavy atom. The summed E-state index contributed by atoms with van der Waals surface area (Å²) in [5.74, 6) is -0.203. The van der Waals surface area contributed by atoms with Gasteiger partial charge < -0.3 is 5.32 Å². The number of halogens is 4. The molecule has 1 aromatic heterocycles. The minimum absolute atomic E-state index is 0.0814. The van der Waals surface area contributed by atoms with Crippen molar-refractivity contribution in [3.05, 3.63) is 30.1 Å². The molecule has 0 amide bonds. The molecule has 8 heteroatoms. The minimum atomic E-state index is -4.37. The predicted molar refractivity (Wildman–Crippen MR) is 63.6 cm³/mol. The highest BCUT2D eigenvalue weighted by Crippen LogP contribution is 2.37. The summed E-state index contributed by atoms with van der Waals surface area (Å²) in [6.45, 7) is 0.186. The van der Waals surface area contributed by atoms with E-state index in [9.17, 15) is 17.6 Å². The van der Waals surface area contributed by atoms with Gasteiger partial charge in [0.1, 0.15) is 5.82 Å². The van der Waals surface area contributed by atoms with Crippen LogP contribution in [0, 0.1) is 5.82 Å². The standard InChI is InChI=1S/C12H10F4N4/c13-8-3-1-7(2-4-8)10-18-11-17-6-5-9(12(14,15)16)20(11)19-10/h1-4,9H,5-6H2,(H,17,18,19). The van der Waals surface area contributed by atoms with Crippen LogP contribution in [0.5, 0.6) is 0 Å². The number of fused-ring (bicyclic) bond motifs is 1. The number of nitrogens with one attached hydrogen (secondary N) is 1. The monoisotopic (exact) mass is 286 g/mol. The van der Waals surface area contributed by atoms with Crippen LogP contribution in [0.4, 0.5) is 23.5 Å². The lowest BCUT2D eigenvalue weighted by atomic mass is 10.2. The summed E-state index contributed by atoms with van der Waals surface area (Å²) in [6, 6.07) is 3.60. The highest BCUT2D eigenvalue weighted by molar-refractivity contribution is 5.56. The second-order valence-corrected chi connectivity index (χ2v) is 4.48. The van der Waals surface area contributed by atoms with Crippen molar-refractivity contribution in [3.8, 4) is 11.4 Å². The second-order valence-electron chi connectivity index (χ2n) is 4.48. The zero-order chi connectivity index (χ0) is 14.3. The van der Waals surface area contributed by atoms with Crippen LogP contribution in [0.1, 0.15) is 12.5 Å². The Hall–Kier alpha value is -2.12. The molecule has 2 heterocycles. The van der Waals surface area contributed by atoms with Crippen molar-refractivity contribution >= 4 is 5.95 Å². The molecule has 0 radical (unpaired) electrons. The molecule has 1 unspecified atom stereocenters. The lowest BCUT2D eigenvalue weighted by Gasteiger charge is -2.25. The lowest BCUT2D eigenvalue weighted by Crippen LogP contribution is -2.34. The summed E-state index contributed by atoms with van der Waals surface area (Å²) >= 11 is 0. The van der Waals surface area contributed by atoms with Gasteiger partial charge in [-0.2, -0.15) is 18.2 Å². The van der Waals surface area contributed by atoms with Gasteiger partial charge in [-0.05, 0) is 30.7 Å². The number of hydrogen-bond donors (Lipinski definition) is 1. The Labute approximate surface area is 111 Å². The first-order chi connectivity index (χ1) is 9.45. The van der Waals surface area contributed by atoms with Gasteiger partial charge in [-0.1, -0.05) is 0 Å². The molecule has 0 bridgehead atoms. The zero-order valence-corrected chi connectivity index (χ0v) is 10.2. The fraction of sp³-hybridized carbons (Fsp3) is 0.333. The maximum Gasteiger partial charge on any atom is 0.411 e. The number of alkyl halides is 3. The molecule has 3 rings (SSSR count). The summed E-state index contributed by atoms with van der Waals surface area (Å²) in [5.41, 5.74) is 0.469. The van der Waals surface area contributed by atoms with Gasteiger partial charge in [-0.25, -0.2) is 9.07 Å². The molecular weight excluding hydrogens is 276 g/mol. The van der Waals surface area contributed by atoms with Crippen molar-refractivity contribution < 1.29 is 17.6 Å². The van der Waals surface area contributed by atoms with Gasteiger partial charge in [-0.15, -0.1) is 5.10 Å². The van der Waals surface area contributed by atoms with E-state index in [1.165, 1.54) is 24.3 Å². The zero-order valence-electron chi connectivity index (χ0n) is 10.2. The summed E-state index contributed by atoms with van der Waals surface area (Å²) in [5, 5.41) is 6.68. The molecule has 0 spiro atoms. The molecule has 20 heavy (non-hydrogen) atoms. The van der Waals surface area contributed by atoms with E-state index < -0.39 is 18.0 Å². The third-order valence-electron chi connectivity index (χ3n) is 3.11. The first kappa shape index (κ1) is 12.9. The van der Waals surface area contributed by atoms with Crippen LogP contribution in [-0.2, 0) is 0 Å².